The van der Waals surface area contributed by atoms with E-state index in [0.29, 0.717) is 6.42 Å². The molecule has 1 fully saturated rings. The van der Waals surface area contributed by atoms with Crippen molar-refractivity contribution < 1.29 is 9.59 Å². The van der Waals surface area contributed by atoms with E-state index in [-0.39, 0.29) is 18.1 Å². The van der Waals surface area contributed by atoms with Gasteiger partial charge in [0.15, 0.2) is 0 Å². The highest BCUT2D eigenvalue weighted by Gasteiger charge is 2.33. The molecule has 1 aliphatic heterocycles. The first kappa shape index (κ1) is 12.0. The van der Waals surface area contributed by atoms with Crippen molar-refractivity contribution in [1.29, 1.82) is 0 Å². The molecular formula is C10H19N3O2. The fraction of sp³-hybridized carbons (Fsp3) is 0.800. The number of hydrogen-bond acceptors (Lipinski definition) is 3. The topological polar surface area (TPSA) is 52.7 Å². The molecule has 1 rings (SSSR count). The lowest BCUT2D eigenvalue weighted by Crippen LogP contribution is -2.58. The molecule has 1 atom stereocenters. The molecule has 0 aromatic carbocycles. The molecule has 1 unspecified atom stereocenters. The summed E-state index contributed by atoms with van der Waals surface area (Å²) in [6.45, 7) is 2.95. The van der Waals surface area contributed by atoms with E-state index in [1.54, 1.807) is 11.9 Å². The number of hydrogen-bond donors (Lipinski definition) is 1. The van der Waals surface area contributed by atoms with Crippen molar-refractivity contribution in [3.8, 4) is 0 Å². The highest BCUT2D eigenvalue weighted by atomic mass is 16.2. The first-order chi connectivity index (χ1) is 7.07. The maximum atomic E-state index is 11.6. The number of urea groups is 1. The summed E-state index contributed by atoms with van der Waals surface area (Å²) in [7, 11) is 3.23. The van der Waals surface area contributed by atoms with E-state index in [1.807, 2.05) is 0 Å². The molecule has 1 saturated heterocycles. The Morgan fingerprint density at radius 3 is 2.67 bits per heavy atom. The average Bonchev–Trinajstić information content (AvgIpc) is 2.23. The Hall–Kier alpha value is -1.10. The van der Waals surface area contributed by atoms with Crippen molar-refractivity contribution >= 4 is 11.9 Å². The summed E-state index contributed by atoms with van der Waals surface area (Å²) in [5.74, 6) is -0.118. The van der Waals surface area contributed by atoms with E-state index in [0.717, 1.165) is 24.3 Å². The molecule has 1 heterocycles. The Balaban J connectivity index is 2.51. The zero-order chi connectivity index (χ0) is 11.4. The molecule has 1 aliphatic rings. The molecule has 3 amide bonds. The minimum absolute atomic E-state index is 0.118. The third-order valence-corrected chi connectivity index (χ3v) is 2.71. The van der Waals surface area contributed by atoms with Gasteiger partial charge in [-0.2, -0.15) is 0 Å². The number of carbonyl (C=O) groups excluding carboxylic acids is 2. The highest BCUT2D eigenvalue weighted by Crippen LogP contribution is 2.11. The van der Waals surface area contributed by atoms with Crippen LogP contribution in [0.1, 0.15) is 26.2 Å². The summed E-state index contributed by atoms with van der Waals surface area (Å²) < 4.78 is 0. The molecule has 0 saturated carbocycles. The molecule has 0 spiro atoms. The smallest absolute Gasteiger partial charge is 0.311 e. The largest absolute Gasteiger partial charge is 0.327 e. The van der Waals surface area contributed by atoms with Gasteiger partial charge >= 0.3 is 6.03 Å². The van der Waals surface area contributed by atoms with Crippen LogP contribution in [-0.4, -0.2) is 48.5 Å². The quantitative estimate of drug-likeness (QED) is 0.696. The third-order valence-electron chi connectivity index (χ3n) is 2.71. The van der Waals surface area contributed by atoms with Crippen molar-refractivity contribution in [3.63, 3.8) is 0 Å². The highest BCUT2D eigenvalue weighted by molar-refractivity contribution is 5.96. The van der Waals surface area contributed by atoms with Gasteiger partial charge in [0, 0.05) is 14.1 Å². The van der Waals surface area contributed by atoms with Gasteiger partial charge in [0.25, 0.3) is 0 Å². The minimum atomic E-state index is -0.236. The molecule has 1 N–H and O–H groups in total. The van der Waals surface area contributed by atoms with Crippen LogP contribution in [0.2, 0.25) is 0 Å². The summed E-state index contributed by atoms with van der Waals surface area (Å²) in [6.07, 6.45) is 2.38. The fourth-order valence-electron chi connectivity index (χ4n) is 1.57. The second kappa shape index (κ2) is 5.11. The van der Waals surface area contributed by atoms with Gasteiger partial charge in [-0.05, 0) is 13.0 Å². The first-order valence-electron chi connectivity index (χ1n) is 5.34. The van der Waals surface area contributed by atoms with Gasteiger partial charge in [0.1, 0.15) is 0 Å². The SMILES string of the molecule is CCCCNC1CC(=O)N(C)C(=O)N1C. The number of rotatable bonds is 4. The average molecular weight is 213 g/mol. The van der Waals surface area contributed by atoms with Gasteiger partial charge in [-0.3, -0.25) is 15.0 Å². The summed E-state index contributed by atoms with van der Waals surface area (Å²) in [4.78, 5) is 25.7. The van der Waals surface area contributed by atoms with Crippen LogP contribution in [0, 0.1) is 0 Å². The molecular weight excluding hydrogens is 194 g/mol. The predicted octanol–water partition coefficient (Wildman–Crippen LogP) is 0.616. The first-order valence-corrected chi connectivity index (χ1v) is 5.34. The second-order valence-electron chi connectivity index (χ2n) is 3.87. The molecule has 0 aliphatic carbocycles. The maximum Gasteiger partial charge on any atom is 0.327 e. The van der Waals surface area contributed by atoms with Crippen LogP contribution < -0.4 is 5.32 Å². The molecule has 0 aromatic rings. The van der Waals surface area contributed by atoms with Crippen molar-refractivity contribution in [3.05, 3.63) is 0 Å². The summed E-state index contributed by atoms with van der Waals surface area (Å²) in [6, 6.07) is -0.236. The van der Waals surface area contributed by atoms with Crippen LogP contribution in [0.4, 0.5) is 4.79 Å². The van der Waals surface area contributed by atoms with Gasteiger partial charge in [-0.1, -0.05) is 13.3 Å². The number of nitrogens with one attached hydrogen (secondary N) is 1. The number of nitrogens with zero attached hydrogens (tertiary/aromatic N) is 2. The summed E-state index contributed by atoms with van der Waals surface area (Å²) in [5.41, 5.74) is 0. The van der Waals surface area contributed by atoms with E-state index < -0.39 is 0 Å². The van der Waals surface area contributed by atoms with Crippen LogP contribution in [0.15, 0.2) is 0 Å². The van der Waals surface area contributed by atoms with Crippen LogP contribution >= 0.6 is 0 Å². The van der Waals surface area contributed by atoms with Gasteiger partial charge in [0.05, 0.1) is 12.6 Å². The lowest BCUT2D eigenvalue weighted by molar-refractivity contribution is -0.131. The lowest BCUT2D eigenvalue weighted by Gasteiger charge is -2.36. The normalized spacial score (nSPS) is 22.5. The van der Waals surface area contributed by atoms with Crippen molar-refractivity contribution in [2.75, 3.05) is 20.6 Å². The van der Waals surface area contributed by atoms with E-state index >= 15 is 0 Å². The molecule has 5 nitrogen and oxygen atoms in total. The van der Waals surface area contributed by atoms with Crippen LogP contribution in [-0.2, 0) is 4.79 Å². The lowest BCUT2D eigenvalue weighted by atomic mass is 10.2. The zero-order valence-corrected chi connectivity index (χ0v) is 9.62. The van der Waals surface area contributed by atoms with E-state index in [4.69, 9.17) is 0 Å². The molecule has 0 bridgehead atoms. The van der Waals surface area contributed by atoms with Crippen molar-refractivity contribution in [1.82, 2.24) is 15.1 Å². The monoisotopic (exact) mass is 213 g/mol. The van der Waals surface area contributed by atoms with E-state index in [2.05, 4.69) is 12.2 Å². The number of amides is 3. The predicted molar refractivity (Wildman–Crippen MR) is 57.2 cm³/mol. The third kappa shape index (κ3) is 2.68. The van der Waals surface area contributed by atoms with E-state index in [1.165, 1.54) is 7.05 Å². The van der Waals surface area contributed by atoms with Crippen LogP contribution in [0.5, 0.6) is 0 Å². The van der Waals surface area contributed by atoms with Gasteiger partial charge in [-0.15, -0.1) is 0 Å². The summed E-state index contributed by atoms with van der Waals surface area (Å²) in [5, 5.41) is 3.21. The van der Waals surface area contributed by atoms with Gasteiger partial charge in [0.2, 0.25) is 5.91 Å². The standard InChI is InChI=1S/C10H19N3O2/c1-4-5-6-11-8-7-9(14)13(3)10(15)12(8)2/h8,11H,4-7H2,1-3H3. The fourth-order valence-corrected chi connectivity index (χ4v) is 1.57. The Bertz CT molecular complexity index is 255. The Kier molecular flexibility index (Phi) is 4.08. The number of unbranched alkanes of at least 4 members (excludes halogenated alkanes) is 1. The van der Waals surface area contributed by atoms with E-state index in [9.17, 15) is 9.59 Å². The molecule has 0 radical (unpaired) electrons. The van der Waals surface area contributed by atoms with Crippen LogP contribution in [0.25, 0.3) is 0 Å². The zero-order valence-electron chi connectivity index (χ0n) is 9.62. The molecule has 15 heavy (non-hydrogen) atoms. The van der Waals surface area contributed by atoms with Gasteiger partial charge < -0.3 is 4.90 Å². The maximum absolute atomic E-state index is 11.6. The molecule has 5 heteroatoms. The Morgan fingerprint density at radius 2 is 2.07 bits per heavy atom. The van der Waals surface area contributed by atoms with Crippen LogP contribution in [0.3, 0.4) is 0 Å². The Labute approximate surface area is 90.4 Å². The number of carbonyl (C=O) groups is 2. The van der Waals surface area contributed by atoms with Crippen molar-refractivity contribution in [2.24, 2.45) is 0 Å². The minimum Gasteiger partial charge on any atom is -0.311 e. The number of imide groups is 1. The van der Waals surface area contributed by atoms with Crippen molar-refractivity contribution in [2.45, 2.75) is 32.4 Å². The Morgan fingerprint density at radius 1 is 1.40 bits per heavy atom. The van der Waals surface area contributed by atoms with Gasteiger partial charge in [-0.25, -0.2) is 4.79 Å². The molecule has 0 aromatic heterocycles. The summed E-state index contributed by atoms with van der Waals surface area (Å²) >= 11 is 0. The second-order valence-corrected chi connectivity index (χ2v) is 3.87. The molecule has 86 valence electrons.